The molecule has 0 radical (unpaired) electrons. The van der Waals surface area contributed by atoms with Crippen molar-refractivity contribution in [3.05, 3.63) is 12.3 Å². The Morgan fingerprint density at radius 3 is 2.28 bits per heavy atom. The number of rotatable bonds is 4. The summed E-state index contributed by atoms with van der Waals surface area (Å²) in [5.74, 6) is -4.87. The van der Waals surface area contributed by atoms with Gasteiger partial charge >= 0.3 is 17.9 Å². The number of hydrogen-bond acceptors (Lipinski definition) is 7. The molecule has 32 heavy (non-hydrogen) atoms. The zero-order valence-electron chi connectivity index (χ0n) is 19.8. The second-order valence-electron chi connectivity index (χ2n) is 11.0. The molecular formula is C20H35F2N3O6Si. The predicted octanol–water partition coefficient (Wildman–Crippen LogP) is 1.65. The fraction of sp³-hybridized carbons (Fsp3) is 0.800. The third kappa shape index (κ3) is 4.69. The van der Waals surface area contributed by atoms with E-state index in [1.54, 1.807) is 20.8 Å². The molecule has 2 aliphatic heterocycles. The van der Waals surface area contributed by atoms with Crippen molar-refractivity contribution in [3.8, 4) is 0 Å². The van der Waals surface area contributed by atoms with E-state index < -0.39 is 61.4 Å². The summed E-state index contributed by atoms with van der Waals surface area (Å²) in [6.45, 7) is 14.1. The summed E-state index contributed by atoms with van der Waals surface area (Å²) in [5.41, 5.74) is 1.62. The first-order valence-corrected chi connectivity index (χ1v) is 13.4. The summed E-state index contributed by atoms with van der Waals surface area (Å²) in [7, 11) is -2.62. The minimum Gasteiger partial charge on any atom is -0.457 e. The first-order chi connectivity index (χ1) is 14.1. The molecule has 2 heterocycles. The molecule has 0 aromatic carbocycles. The van der Waals surface area contributed by atoms with Crippen LogP contribution in [0.25, 0.3) is 0 Å². The molecule has 184 valence electrons. The van der Waals surface area contributed by atoms with E-state index in [0.29, 0.717) is 4.90 Å². The van der Waals surface area contributed by atoms with Gasteiger partial charge in [0, 0.05) is 6.20 Å². The number of carbonyl (C=O) groups is 2. The van der Waals surface area contributed by atoms with Gasteiger partial charge in [-0.1, -0.05) is 33.9 Å². The molecule has 5 atom stereocenters. The molecule has 1 saturated heterocycles. The van der Waals surface area contributed by atoms with Gasteiger partial charge in [0.2, 0.25) is 11.9 Å². The van der Waals surface area contributed by atoms with E-state index in [-0.39, 0.29) is 5.04 Å². The number of nitrogens with one attached hydrogen (secondary N) is 1. The summed E-state index contributed by atoms with van der Waals surface area (Å²) in [6.07, 6.45) is -4.25. The molecular weight excluding hydrogens is 444 g/mol. The number of esters is 1. The maximum absolute atomic E-state index is 15.0. The monoisotopic (exact) mass is 479 g/mol. The summed E-state index contributed by atoms with van der Waals surface area (Å²) in [5, 5.41) is 23.0. The number of aliphatic hydroxyl groups is 2. The molecule has 0 spiro atoms. The van der Waals surface area contributed by atoms with Gasteiger partial charge in [0.1, 0.15) is 11.7 Å². The lowest BCUT2D eigenvalue weighted by Crippen LogP contribution is -2.67. The molecule has 0 aromatic rings. The molecule has 5 N–H and O–H groups in total. The third-order valence-electron chi connectivity index (χ3n) is 6.34. The van der Waals surface area contributed by atoms with Crippen LogP contribution in [0.5, 0.6) is 0 Å². The Balaban J connectivity index is 2.31. The molecule has 1 fully saturated rings. The smallest absolute Gasteiger partial charge is 0.351 e. The molecule has 2 rings (SSSR count). The van der Waals surface area contributed by atoms with Crippen molar-refractivity contribution >= 4 is 20.1 Å². The summed E-state index contributed by atoms with van der Waals surface area (Å²) in [6, 6.07) is -1.14. The maximum atomic E-state index is 15.0. The van der Waals surface area contributed by atoms with Crippen molar-refractivity contribution in [2.45, 2.75) is 101 Å². The van der Waals surface area contributed by atoms with Crippen LogP contribution in [0.2, 0.25) is 18.1 Å². The highest BCUT2D eigenvalue weighted by molar-refractivity contribution is 6.81. The fourth-order valence-corrected chi connectivity index (χ4v) is 5.22. The number of urea groups is 1. The van der Waals surface area contributed by atoms with E-state index in [4.69, 9.17) is 15.2 Å². The Hall–Kier alpha value is -1.60. The third-order valence-corrected chi connectivity index (χ3v) is 12.0. The second-order valence-corrected chi connectivity index (χ2v) is 16.5. The Morgan fingerprint density at radius 1 is 1.31 bits per heavy atom. The molecule has 12 heteroatoms. The molecule has 0 aromatic heterocycles. The summed E-state index contributed by atoms with van der Waals surface area (Å²) < 4.78 is 40.5. The number of amides is 2. The number of nitrogens with two attached hydrogens (primary N) is 1. The number of alkyl halides is 2. The van der Waals surface area contributed by atoms with Crippen LogP contribution < -0.4 is 11.1 Å². The van der Waals surface area contributed by atoms with Crippen LogP contribution in [-0.4, -0.2) is 76.5 Å². The van der Waals surface area contributed by atoms with Gasteiger partial charge in [-0.2, -0.15) is 8.78 Å². The van der Waals surface area contributed by atoms with E-state index in [9.17, 15) is 28.6 Å². The van der Waals surface area contributed by atoms with E-state index >= 15 is 0 Å². The van der Waals surface area contributed by atoms with E-state index in [0.717, 1.165) is 12.3 Å². The SMILES string of the molecule is CC(C)(C)OC(=O)C1(N)C=CN([C@@H]2O[C@H](C(O)[Si](C)(C)C(C)(C)C)[C@@H](O)C2(F)F)C(=O)N1. The topological polar surface area (TPSA) is 134 Å². The molecule has 2 aliphatic rings. The number of hydrogen-bond donors (Lipinski definition) is 4. The van der Waals surface area contributed by atoms with Crippen molar-refractivity contribution < 1.29 is 38.1 Å². The minimum absolute atomic E-state index is 0.377. The van der Waals surface area contributed by atoms with Crippen molar-refractivity contribution in [2.75, 3.05) is 0 Å². The van der Waals surface area contributed by atoms with Crippen LogP contribution in [-0.2, 0) is 14.3 Å². The Bertz CT molecular complexity index is 795. The average Bonchev–Trinajstić information content (AvgIpc) is 2.82. The molecule has 2 unspecified atom stereocenters. The Labute approximate surface area is 187 Å². The van der Waals surface area contributed by atoms with Crippen LogP contribution in [0.15, 0.2) is 12.3 Å². The van der Waals surface area contributed by atoms with Crippen molar-refractivity contribution in [3.63, 3.8) is 0 Å². The zero-order valence-corrected chi connectivity index (χ0v) is 20.8. The van der Waals surface area contributed by atoms with Crippen LogP contribution in [0.1, 0.15) is 41.5 Å². The van der Waals surface area contributed by atoms with Gasteiger partial charge < -0.3 is 25.0 Å². The Kier molecular flexibility index (Phi) is 6.67. The lowest BCUT2D eigenvalue weighted by atomic mass is 10.1. The second kappa shape index (κ2) is 8.01. The van der Waals surface area contributed by atoms with Gasteiger partial charge in [0.05, 0.1) is 13.8 Å². The first-order valence-electron chi connectivity index (χ1n) is 10.4. The normalized spacial score (nSPS) is 32.0. The van der Waals surface area contributed by atoms with Gasteiger partial charge in [0.25, 0.3) is 0 Å². The van der Waals surface area contributed by atoms with Gasteiger partial charge in [-0.15, -0.1) is 0 Å². The zero-order chi connectivity index (χ0) is 25.1. The van der Waals surface area contributed by atoms with Gasteiger partial charge in [-0.05, 0) is 31.9 Å². The van der Waals surface area contributed by atoms with Crippen molar-refractivity contribution in [1.29, 1.82) is 0 Å². The highest BCUT2D eigenvalue weighted by Crippen LogP contribution is 2.45. The highest BCUT2D eigenvalue weighted by Gasteiger charge is 2.65. The number of halogens is 2. The standard InChI is InChI=1S/C20H35F2N3O6Si/c1-17(2,3)31-15(28)19(23)9-10-25(16(29)24-19)14-20(21,22)12(26)11(30-14)13(27)32(7,8)18(4,5)6/h9-14,26-27H,23H2,1-8H3,(H,24,29)/t11-,12+,13?,14+,19?/m0/s1. The van der Waals surface area contributed by atoms with E-state index in [1.165, 1.54) is 0 Å². The van der Waals surface area contributed by atoms with E-state index in [2.05, 4.69) is 5.32 Å². The van der Waals surface area contributed by atoms with Crippen molar-refractivity contribution in [2.24, 2.45) is 5.73 Å². The largest absolute Gasteiger partial charge is 0.457 e. The number of nitrogens with zero attached hydrogens (tertiary/aromatic N) is 1. The van der Waals surface area contributed by atoms with Crippen LogP contribution >= 0.6 is 0 Å². The maximum Gasteiger partial charge on any atom is 0.351 e. The quantitative estimate of drug-likeness (QED) is 0.356. The molecule has 9 nitrogen and oxygen atoms in total. The van der Waals surface area contributed by atoms with Crippen LogP contribution in [0, 0.1) is 0 Å². The number of carbonyl (C=O) groups excluding carboxylic acids is 2. The van der Waals surface area contributed by atoms with Gasteiger partial charge in [0.15, 0.2) is 6.10 Å². The molecule has 0 aliphatic carbocycles. The number of ether oxygens (including phenoxy) is 2. The van der Waals surface area contributed by atoms with Crippen LogP contribution in [0.3, 0.4) is 0 Å². The number of aliphatic hydroxyl groups excluding tert-OH is 2. The lowest BCUT2D eigenvalue weighted by Gasteiger charge is -2.43. The molecule has 0 bridgehead atoms. The fourth-order valence-electron chi connectivity index (χ4n) is 3.25. The van der Waals surface area contributed by atoms with Crippen molar-refractivity contribution in [1.82, 2.24) is 10.2 Å². The summed E-state index contributed by atoms with van der Waals surface area (Å²) in [4.78, 5) is 25.5. The molecule has 0 saturated carbocycles. The molecule has 2 amide bonds. The highest BCUT2D eigenvalue weighted by atomic mass is 28.3. The summed E-state index contributed by atoms with van der Waals surface area (Å²) >= 11 is 0. The first kappa shape index (κ1) is 26.6. The lowest BCUT2D eigenvalue weighted by molar-refractivity contribution is -0.162. The average molecular weight is 480 g/mol. The minimum atomic E-state index is -3.89. The predicted molar refractivity (Wildman–Crippen MR) is 115 cm³/mol. The van der Waals surface area contributed by atoms with Gasteiger partial charge in [-0.3, -0.25) is 10.6 Å². The Morgan fingerprint density at radius 2 is 1.84 bits per heavy atom. The van der Waals surface area contributed by atoms with Crippen LogP contribution in [0.4, 0.5) is 13.6 Å². The van der Waals surface area contributed by atoms with E-state index in [1.807, 2.05) is 33.9 Å². The van der Waals surface area contributed by atoms with Gasteiger partial charge in [-0.25, -0.2) is 9.59 Å².